The van der Waals surface area contributed by atoms with E-state index < -0.39 is 0 Å². The van der Waals surface area contributed by atoms with Crippen molar-refractivity contribution in [3.63, 3.8) is 0 Å². The van der Waals surface area contributed by atoms with Crippen molar-refractivity contribution in [1.82, 2.24) is 19.5 Å². The maximum atomic E-state index is 4.67. The molecule has 0 saturated heterocycles. The molecule has 0 spiro atoms. The third-order valence-corrected chi connectivity index (χ3v) is 7.36. The summed E-state index contributed by atoms with van der Waals surface area (Å²) < 4.78 is 2.36. The van der Waals surface area contributed by atoms with E-state index in [2.05, 4.69) is 117 Å². The highest BCUT2D eigenvalue weighted by Gasteiger charge is 2.14. The van der Waals surface area contributed by atoms with E-state index >= 15 is 0 Å². The molecule has 3 heterocycles. The van der Waals surface area contributed by atoms with Crippen LogP contribution in [0.15, 0.2) is 122 Å². The average molecular weight is 473 g/mol. The van der Waals surface area contributed by atoms with Crippen molar-refractivity contribution in [2.24, 2.45) is 0 Å². The molecule has 0 saturated carbocycles. The summed E-state index contributed by atoms with van der Waals surface area (Å²) in [5.74, 6) is 0. The Morgan fingerprint density at radius 3 is 2.05 bits per heavy atom. The highest BCUT2D eigenvalue weighted by Crippen LogP contribution is 2.36. The first-order valence-electron chi connectivity index (χ1n) is 12.4. The first-order valence-corrected chi connectivity index (χ1v) is 12.4. The lowest BCUT2D eigenvalue weighted by Gasteiger charge is -2.12. The van der Waals surface area contributed by atoms with Crippen LogP contribution in [-0.4, -0.2) is 19.5 Å². The third kappa shape index (κ3) is 2.93. The molecule has 0 bridgehead atoms. The molecular weight excluding hydrogens is 452 g/mol. The Labute approximate surface area is 212 Å². The molecule has 0 unspecified atom stereocenters. The molecule has 0 radical (unpaired) electrons. The summed E-state index contributed by atoms with van der Waals surface area (Å²) in [5.41, 5.74) is 7.70. The van der Waals surface area contributed by atoms with Gasteiger partial charge in [-0.25, -0.2) is 9.97 Å². The molecule has 0 aliphatic carbocycles. The molecule has 4 nitrogen and oxygen atoms in total. The summed E-state index contributed by atoms with van der Waals surface area (Å²) in [5, 5.41) is 6.95. The van der Waals surface area contributed by atoms with Gasteiger partial charge < -0.3 is 4.57 Å². The summed E-state index contributed by atoms with van der Waals surface area (Å²) >= 11 is 0. The summed E-state index contributed by atoms with van der Waals surface area (Å²) in [6, 6.07) is 36.8. The van der Waals surface area contributed by atoms with Gasteiger partial charge in [-0.3, -0.25) is 4.98 Å². The molecule has 5 aromatic carbocycles. The van der Waals surface area contributed by atoms with Crippen LogP contribution in [-0.2, 0) is 0 Å². The normalized spacial score (nSPS) is 11.8. The van der Waals surface area contributed by atoms with E-state index in [-0.39, 0.29) is 0 Å². The lowest BCUT2D eigenvalue weighted by molar-refractivity contribution is 1.18. The van der Waals surface area contributed by atoms with E-state index in [1.807, 2.05) is 18.5 Å². The van der Waals surface area contributed by atoms with E-state index in [9.17, 15) is 0 Å². The number of fused-ring (bicyclic) bond motifs is 9. The van der Waals surface area contributed by atoms with E-state index in [1.54, 1.807) is 6.33 Å². The monoisotopic (exact) mass is 472 g/mol. The molecule has 0 aliphatic rings. The molecule has 8 aromatic rings. The van der Waals surface area contributed by atoms with Crippen LogP contribution in [0.1, 0.15) is 0 Å². The summed E-state index contributed by atoms with van der Waals surface area (Å²) in [6.45, 7) is 0. The molecule has 8 rings (SSSR count). The van der Waals surface area contributed by atoms with Crippen molar-refractivity contribution in [3.8, 4) is 16.8 Å². The molecule has 4 heteroatoms. The van der Waals surface area contributed by atoms with E-state index in [0.717, 1.165) is 43.8 Å². The van der Waals surface area contributed by atoms with Crippen LogP contribution < -0.4 is 0 Å². The van der Waals surface area contributed by atoms with Gasteiger partial charge >= 0.3 is 0 Å². The number of hydrogen-bond donors (Lipinski definition) is 0. The lowest BCUT2D eigenvalue weighted by Crippen LogP contribution is -1.94. The molecular formula is C33H20N4. The van der Waals surface area contributed by atoms with Crippen molar-refractivity contribution in [1.29, 1.82) is 0 Å². The maximum Gasteiger partial charge on any atom is 0.116 e. The number of hydrogen-bond acceptors (Lipinski definition) is 3. The number of nitrogens with zero attached hydrogens (tertiary/aromatic N) is 4. The first-order chi connectivity index (χ1) is 18.4. The topological polar surface area (TPSA) is 43.6 Å². The second kappa shape index (κ2) is 7.70. The fourth-order valence-electron chi connectivity index (χ4n) is 5.73. The van der Waals surface area contributed by atoms with Crippen LogP contribution in [0.25, 0.3) is 71.2 Å². The average Bonchev–Trinajstić information content (AvgIpc) is 3.32. The quantitative estimate of drug-likeness (QED) is 0.239. The number of pyridine rings is 1. The Kier molecular flexibility index (Phi) is 4.19. The Morgan fingerprint density at radius 1 is 0.486 bits per heavy atom. The third-order valence-electron chi connectivity index (χ3n) is 7.36. The number of para-hydroxylation sites is 2. The maximum absolute atomic E-state index is 4.67. The molecule has 37 heavy (non-hydrogen) atoms. The first kappa shape index (κ1) is 20.1. The molecule has 0 fully saturated rings. The summed E-state index contributed by atoms with van der Waals surface area (Å²) in [7, 11) is 0. The number of benzene rings is 5. The van der Waals surface area contributed by atoms with Gasteiger partial charge in [-0.1, -0.05) is 66.7 Å². The highest BCUT2D eigenvalue weighted by molar-refractivity contribution is 6.23. The van der Waals surface area contributed by atoms with Gasteiger partial charge in [0, 0.05) is 39.6 Å². The van der Waals surface area contributed by atoms with Crippen LogP contribution >= 0.6 is 0 Å². The van der Waals surface area contributed by atoms with Crippen molar-refractivity contribution in [3.05, 3.63) is 122 Å². The second-order valence-corrected chi connectivity index (χ2v) is 9.36. The van der Waals surface area contributed by atoms with Crippen LogP contribution in [0.3, 0.4) is 0 Å². The SMILES string of the molecule is c1cc(-c2ccc3c(c2)c2cccnc2c2ncncc32)cc(-n2c3ccccc3c3ccccc32)c1. The predicted octanol–water partition coefficient (Wildman–Crippen LogP) is 8.10. The Hall–Kier alpha value is -5.09. The van der Waals surface area contributed by atoms with Crippen LogP contribution in [0.2, 0.25) is 0 Å². The van der Waals surface area contributed by atoms with Crippen molar-refractivity contribution >= 4 is 54.4 Å². The zero-order valence-electron chi connectivity index (χ0n) is 19.8. The summed E-state index contributed by atoms with van der Waals surface area (Å²) in [4.78, 5) is 13.5. The Balaban J connectivity index is 1.38. The molecule has 0 atom stereocenters. The van der Waals surface area contributed by atoms with E-state index in [1.165, 1.54) is 27.4 Å². The van der Waals surface area contributed by atoms with E-state index in [0.29, 0.717) is 0 Å². The molecule has 0 N–H and O–H groups in total. The van der Waals surface area contributed by atoms with Gasteiger partial charge in [0.2, 0.25) is 0 Å². The number of aromatic nitrogens is 4. The molecule has 0 amide bonds. The summed E-state index contributed by atoms with van der Waals surface area (Å²) in [6.07, 6.45) is 5.31. The highest BCUT2D eigenvalue weighted by atomic mass is 15.0. The van der Waals surface area contributed by atoms with Crippen molar-refractivity contribution < 1.29 is 0 Å². The zero-order chi connectivity index (χ0) is 24.3. The van der Waals surface area contributed by atoms with Gasteiger partial charge in [-0.15, -0.1) is 0 Å². The van der Waals surface area contributed by atoms with Gasteiger partial charge in [0.05, 0.1) is 16.6 Å². The predicted molar refractivity (Wildman–Crippen MR) is 152 cm³/mol. The van der Waals surface area contributed by atoms with E-state index in [4.69, 9.17) is 0 Å². The van der Waals surface area contributed by atoms with Crippen molar-refractivity contribution in [2.45, 2.75) is 0 Å². The Bertz CT molecular complexity index is 2070. The molecule has 3 aromatic heterocycles. The minimum absolute atomic E-state index is 0.888. The number of rotatable bonds is 2. The van der Waals surface area contributed by atoms with Crippen LogP contribution in [0, 0.1) is 0 Å². The van der Waals surface area contributed by atoms with Crippen LogP contribution in [0.5, 0.6) is 0 Å². The van der Waals surface area contributed by atoms with Gasteiger partial charge in [-0.05, 0) is 58.3 Å². The van der Waals surface area contributed by atoms with Gasteiger partial charge in [0.1, 0.15) is 11.8 Å². The lowest BCUT2D eigenvalue weighted by atomic mass is 9.96. The van der Waals surface area contributed by atoms with Crippen LogP contribution in [0.4, 0.5) is 0 Å². The van der Waals surface area contributed by atoms with Gasteiger partial charge in [0.25, 0.3) is 0 Å². The zero-order valence-corrected chi connectivity index (χ0v) is 19.8. The fourth-order valence-corrected chi connectivity index (χ4v) is 5.73. The van der Waals surface area contributed by atoms with Gasteiger partial charge in [-0.2, -0.15) is 0 Å². The molecule has 172 valence electrons. The second-order valence-electron chi connectivity index (χ2n) is 9.36. The minimum atomic E-state index is 0.888. The Morgan fingerprint density at radius 2 is 1.22 bits per heavy atom. The van der Waals surface area contributed by atoms with Gasteiger partial charge in [0.15, 0.2) is 0 Å². The smallest absolute Gasteiger partial charge is 0.116 e. The minimum Gasteiger partial charge on any atom is -0.309 e. The van der Waals surface area contributed by atoms with Crippen molar-refractivity contribution in [2.75, 3.05) is 0 Å². The standard InChI is InChI=1S/C33H20N4/c1-3-12-30-25(9-1)26-10-2-4-13-31(26)37(30)23-8-5-7-21(17-23)22-14-15-24-28(18-22)27-11-6-16-35-32(27)33-29(24)19-34-20-36-33/h1-20H. The largest absolute Gasteiger partial charge is 0.309 e. The fraction of sp³-hybridized carbons (Fsp3) is 0. The molecule has 0 aliphatic heterocycles.